The lowest BCUT2D eigenvalue weighted by Gasteiger charge is -2.63. The van der Waals surface area contributed by atoms with Gasteiger partial charge in [0, 0.05) is 18.4 Å². The van der Waals surface area contributed by atoms with Crippen molar-refractivity contribution in [2.24, 2.45) is 5.92 Å². The molecular formula is C22H19ClO6. The molecule has 0 heterocycles. The van der Waals surface area contributed by atoms with Crippen LogP contribution in [0.3, 0.4) is 0 Å². The number of esters is 3. The summed E-state index contributed by atoms with van der Waals surface area (Å²) in [4.78, 5) is 36.0. The molecule has 6 nitrogen and oxygen atoms in total. The first kappa shape index (κ1) is 19.5. The zero-order chi connectivity index (χ0) is 21.0. The van der Waals surface area contributed by atoms with E-state index in [1.54, 1.807) is 12.1 Å². The maximum atomic E-state index is 13.0. The van der Waals surface area contributed by atoms with Crippen molar-refractivity contribution in [3.63, 3.8) is 0 Å². The SMILES string of the molecule is COC(=O)C1C2c3ccccc3-c3ccccc3C2(OC(C)=O)[C@@]1(Cl)C(=O)OC. The Morgan fingerprint density at radius 3 is 2.17 bits per heavy atom. The Hall–Kier alpha value is -2.86. The van der Waals surface area contributed by atoms with Gasteiger partial charge in [0.1, 0.15) is 5.92 Å². The summed E-state index contributed by atoms with van der Waals surface area (Å²) in [6.45, 7) is 1.25. The van der Waals surface area contributed by atoms with Gasteiger partial charge in [0.05, 0.1) is 14.2 Å². The average molecular weight is 415 g/mol. The van der Waals surface area contributed by atoms with E-state index < -0.39 is 40.2 Å². The minimum absolute atomic E-state index is 0.555. The summed E-state index contributed by atoms with van der Waals surface area (Å²) in [6, 6.07) is 14.7. The first-order chi connectivity index (χ1) is 13.8. The smallest absolute Gasteiger partial charge is 0.332 e. The molecule has 7 heteroatoms. The lowest BCUT2D eigenvalue weighted by atomic mass is 9.45. The van der Waals surface area contributed by atoms with Gasteiger partial charge in [0.2, 0.25) is 0 Å². The molecule has 4 atom stereocenters. The van der Waals surface area contributed by atoms with E-state index in [2.05, 4.69) is 0 Å². The van der Waals surface area contributed by atoms with Crippen LogP contribution in [0.2, 0.25) is 0 Å². The van der Waals surface area contributed by atoms with Crippen LogP contribution in [0.25, 0.3) is 11.1 Å². The first-order valence-corrected chi connectivity index (χ1v) is 9.46. The summed E-state index contributed by atoms with van der Waals surface area (Å²) in [5.74, 6) is -3.97. The van der Waals surface area contributed by atoms with E-state index >= 15 is 0 Å². The molecule has 3 unspecified atom stereocenters. The number of hydrogen-bond acceptors (Lipinski definition) is 6. The van der Waals surface area contributed by atoms with Gasteiger partial charge in [-0.15, -0.1) is 11.6 Å². The molecule has 0 aromatic heterocycles. The maximum absolute atomic E-state index is 13.0. The highest BCUT2D eigenvalue weighted by molar-refractivity contribution is 6.38. The van der Waals surface area contributed by atoms with Crippen molar-refractivity contribution in [2.45, 2.75) is 23.3 Å². The van der Waals surface area contributed by atoms with Crippen LogP contribution in [0.5, 0.6) is 0 Å². The van der Waals surface area contributed by atoms with Crippen LogP contribution in [0, 0.1) is 5.92 Å². The summed E-state index contributed by atoms with van der Waals surface area (Å²) in [5.41, 5.74) is 1.35. The molecule has 0 saturated heterocycles. The van der Waals surface area contributed by atoms with Crippen LogP contribution in [0.15, 0.2) is 48.5 Å². The third-order valence-electron chi connectivity index (χ3n) is 5.90. The number of fused-ring (bicyclic) bond motifs is 6. The molecule has 0 spiro atoms. The van der Waals surface area contributed by atoms with Gasteiger partial charge < -0.3 is 14.2 Å². The molecule has 4 rings (SSSR count). The quantitative estimate of drug-likeness (QED) is 0.436. The summed E-state index contributed by atoms with van der Waals surface area (Å²) < 4.78 is 15.8. The van der Waals surface area contributed by atoms with Crippen molar-refractivity contribution in [1.29, 1.82) is 0 Å². The van der Waals surface area contributed by atoms with Crippen LogP contribution < -0.4 is 0 Å². The molecule has 2 aliphatic carbocycles. The second-order valence-corrected chi connectivity index (χ2v) is 7.74. The first-order valence-electron chi connectivity index (χ1n) is 9.08. The number of methoxy groups -OCH3 is 2. The van der Waals surface area contributed by atoms with Crippen molar-refractivity contribution in [3.8, 4) is 11.1 Å². The number of halogens is 1. The van der Waals surface area contributed by atoms with E-state index in [0.29, 0.717) is 5.56 Å². The Bertz CT molecular complexity index is 1030. The molecule has 0 N–H and O–H groups in total. The van der Waals surface area contributed by atoms with Gasteiger partial charge in [-0.05, 0) is 16.7 Å². The van der Waals surface area contributed by atoms with Crippen molar-refractivity contribution in [1.82, 2.24) is 0 Å². The minimum Gasteiger partial charge on any atom is -0.469 e. The van der Waals surface area contributed by atoms with Gasteiger partial charge in [-0.1, -0.05) is 48.5 Å². The van der Waals surface area contributed by atoms with Gasteiger partial charge in [-0.3, -0.25) is 9.59 Å². The number of benzene rings is 2. The zero-order valence-corrected chi connectivity index (χ0v) is 16.9. The minimum atomic E-state index is -1.98. The predicted molar refractivity (Wildman–Crippen MR) is 104 cm³/mol. The normalized spacial score (nSPS) is 28.7. The van der Waals surface area contributed by atoms with E-state index in [1.165, 1.54) is 21.1 Å². The van der Waals surface area contributed by atoms with Gasteiger partial charge >= 0.3 is 17.9 Å². The molecule has 2 aliphatic rings. The van der Waals surface area contributed by atoms with Crippen LogP contribution >= 0.6 is 11.6 Å². The Morgan fingerprint density at radius 1 is 0.931 bits per heavy atom. The Morgan fingerprint density at radius 2 is 1.55 bits per heavy atom. The second-order valence-electron chi connectivity index (χ2n) is 7.14. The lowest BCUT2D eigenvalue weighted by Crippen LogP contribution is -2.76. The summed E-state index contributed by atoms with van der Waals surface area (Å²) in [5, 5.41) is 0. The van der Waals surface area contributed by atoms with E-state index in [4.69, 9.17) is 25.8 Å². The van der Waals surface area contributed by atoms with E-state index in [0.717, 1.165) is 16.7 Å². The van der Waals surface area contributed by atoms with Crippen molar-refractivity contribution in [3.05, 3.63) is 59.7 Å². The molecular weight excluding hydrogens is 396 g/mol. The van der Waals surface area contributed by atoms with Gasteiger partial charge in [0.15, 0.2) is 10.5 Å². The number of alkyl halides is 1. The lowest BCUT2D eigenvalue weighted by molar-refractivity contribution is -0.217. The molecule has 1 saturated carbocycles. The molecule has 0 aliphatic heterocycles. The van der Waals surface area contributed by atoms with Crippen LogP contribution in [-0.4, -0.2) is 37.0 Å². The fourth-order valence-electron chi connectivity index (χ4n) is 4.91. The number of carbonyl (C=O) groups is 3. The number of hydrogen-bond donors (Lipinski definition) is 0. The molecule has 2 aromatic carbocycles. The number of rotatable bonds is 3. The van der Waals surface area contributed by atoms with Crippen LogP contribution in [0.1, 0.15) is 24.0 Å². The molecule has 29 heavy (non-hydrogen) atoms. The molecule has 0 amide bonds. The van der Waals surface area contributed by atoms with Gasteiger partial charge in [0.25, 0.3) is 0 Å². The summed E-state index contributed by atoms with van der Waals surface area (Å²) >= 11 is 6.91. The van der Waals surface area contributed by atoms with Crippen molar-refractivity contribution >= 4 is 29.5 Å². The van der Waals surface area contributed by atoms with Crippen molar-refractivity contribution in [2.75, 3.05) is 14.2 Å². The molecule has 1 fully saturated rings. The monoisotopic (exact) mass is 414 g/mol. The van der Waals surface area contributed by atoms with E-state index in [9.17, 15) is 14.4 Å². The fraction of sp³-hybridized carbons (Fsp3) is 0.318. The molecule has 150 valence electrons. The molecule has 2 aromatic rings. The second kappa shape index (κ2) is 6.59. The average Bonchev–Trinajstić information content (AvgIpc) is 2.73. The predicted octanol–water partition coefficient (Wildman–Crippen LogP) is 3.16. The highest BCUT2D eigenvalue weighted by Crippen LogP contribution is 2.72. The highest BCUT2D eigenvalue weighted by atomic mass is 35.5. The molecule has 0 bridgehead atoms. The highest BCUT2D eigenvalue weighted by Gasteiger charge is 2.83. The zero-order valence-electron chi connectivity index (χ0n) is 16.1. The fourth-order valence-corrected chi connectivity index (χ4v) is 5.47. The van der Waals surface area contributed by atoms with Crippen LogP contribution in [0.4, 0.5) is 0 Å². The third-order valence-corrected chi connectivity index (χ3v) is 6.57. The standard InChI is InChI=1S/C22H19ClO6/c1-12(24)29-22-16-11-7-6-9-14(16)13-8-4-5-10-15(13)17(22)18(19(25)27-2)21(22,23)20(26)28-3/h4-11,17-18H,1-3H3/t17?,18?,21-,22?/m0/s1. The Kier molecular flexibility index (Phi) is 4.42. The summed E-state index contributed by atoms with van der Waals surface area (Å²) in [7, 11) is 2.41. The Labute approximate surface area is 172 Å². The van der Waals surface area contributed by atoms with E-state index in [1.807, 2.05) is 36.4 Å². The third kappa shape index (κ3) is 2.26. The van der Waals surface area contributed by atoms with E-state index in [-0.39, 0.29) is 0 Å². The van der Waals surface area contributed by atoms with Gasteiger partial charge in [-0.25, -0.2) is 4.79 Å². The summed E-state index contributed by atoms with van der Waals surface area (Å²) in [6.07, 6.45) is 0. The number of ether oxygens (including phenoxy) is 3. The maximum Gasteiger partial charge on any atom is 0.332 e. The topological polar surface area (TPSA) is 78.9 Å². The Balaban J connectivity index is 2.11. The van der Waals surface area contributed by atoms with Gasteiger partial charge in [-0.2, -0.15) is 0 Å². The number of carbonyl (C=O) groups excluding carboxylic acids is 3. The molecule has 0 radical (unpaired) electrons. The van der Waals surface area contributed by atoms with Crippen LogP contribution in [-0.2, 0) is 34.2 Å². The largest absolute Gasteiger partial charge is 0.469 e. The van der Waals surface area contributed by atoms with Crippen molar-refractivity contribution < 1.29 is 28.6 Å².